The van der Waals surface area contributed by atoms with Crippen LogP contribution in [0.2, 0.25) is 0 Å². The summed E-state index contributed by atoms with van der Waals surface area (Å²) in [4.78, 5) is 0. The number of aliphatic hydroxyl groups is 2. The first-order valence-electron chi connectivity index (χ1n) is 12.8. The van der Waals surface area contributed by atoms with E-state index in [0.29, 0.717) is 5.92 Å². The number of allylic oxidation sites excluding steroid dienone is 3. The number of alkyl halides is 6. The molecule has 4 fully saturated rings. The van der Waals surface area contributed by atoms with Crippen LogP contribution in [0.15, 0.2) is 35.5 Å². The lowest BCUT2D eigenvalue weighted by Crippen LogP contribution is -2.55. The Hall–Kier alpha value is -1.72. The van der Waals surface area contributed by atoms with E-state index in [1.54, 1.807) is 0 Å². The maximum atomic E-state index is 13.0. The van der Waals surface area contributed by atoms with Crippen molar-refractivity contribution in [3.05, 3.63) is 35.5 Å². The molecule has 2 nitrogen and oxygen atoms in total. The molecule has 0 aromatic heterocycles. The molecule has 0 radical (unpaired) electrons. The van der Waals surface area contributed by atoms with Crippen LogP contribution in [-0.4, -0.2) is 34.3 Å². The molecule has 200 valence electrons. The maximum Gasteiger partial charge on any atom is 0.438 e. The van der Waals surface area contributed by atoms with E-state index < -0.39 is 29.5 Å². The molecule has 8 heteroatoms. The number of halogens is 6. The Labute approximate surface area is 208 Å². The average Bonchev–Trinajstić information content (AvgIpc) is 3.46. The van der Waals surface area contributed by atoms with Crippen molar-refractivity contribution in [1.29, 1.82) is 0 Å². The molecular formula is C28H34F6O2. The second-order valence-corrected chi connectivity index (χ2v) is 11.5. The number of hydrogen-bond acceptors (Lipinski definition) is 2. The number of rotatable bonds is 3. The molecule has 4 atom stereocenters. The summed E-state index contributed by atoms with van der Waals surface area (Å²) in [6.07, 6.45) is 0.508. The summed E-state index contributed by atoms with van der Waals surface area (Å²) in [5.41, 5.74) is -2.32. The van der Waals surface area contributed by atoms with E-state index in [4.69, 9.17) is 0 Å². The lowest BCUT2D eigenvalue weighted by Gasteiger charge is -2.45. The van der Waals surface area contributed by atoms with Crippen molar-refractivity contribution in [2.45, 2.75) is 102 Å². The van der Waals surface area contributed by atoms with E-state index in [1.807, 2.05) is 0 Å². The van der Waals surface area contributed by atoms with Gasteiger partial charge in [0.2, 0.25) is 0 Å². The molecule has 4 rings (SSSR count). The van der Waals surface area contributed by atoms with Gasteiger partial charge in [-0.1, -0.05) is 37.1 Å². The van der Waals surface area contributed by atoms with Crippen molar-refractivity contribution in [3.8, 4) is 11.8 Å². The van der Waals surface area contributed by atoms with Gasteiger partial charge in [-0.2, -0.15) is 26.3 Å². The van der Waals surface area contributed by atoms with E-state index in [9.17, 15) is 36.6 Å². The molecule has 0 aromatic carbocycles. The Kier molecular flexibility index (Phi) is 7.01. The summed E-state index contributed by atoms with van der Waals surface area (Å²) in [5.74, 6) is 3.76. The van der Waals surface area contributed by atoms with Crippen molar-refractivity contribution >= 4 is 0 Å². The lowest BCUT2D eigenvalue weighted by molar-refractivity contribution is -0.343. The molecule has 0 amide bonds. The second kappa shape index (κ2) is 9.23. The first-order valence-corrected chi connectivity index (χ1v) is 12.8. The fraction of sp³-hybridized carbons (Fsp3) is 0.714. The van der Waals surface area contributed by atoms with Crippen LogP contribution in [0.3, 0.4) is 0 Å². The van der Waals surface area contributed by atoms with Gasteiger partial charge in [-0.3, -0.25) is 0 Å². The molecule has 0 aliphatic heterocycles. The van der Waals surface area contributed by atoms with Crippen molar-refractivity contribution < 1.29 is 36.6 Å². The topological polar surface area (TPSA) is 40.5 Å². The van der Waals surface area contributed by atoms with Crippen molar-refractivity contribution in [2.24, 2.45) is 22.7 Å². The van der Waals surface area contributed by atoms with E-state index in [0.717, 1.165) is 81.3 Å². The highest BCUT2D eigenvalue weighted by Crippen LogP contribution is 2.69. The molecule has 4 aliphatic carbocycles. The fourth-order valence-electron chi connectivity index (χ4n) is 7.14. The Morgan fingerprint density at radius 2 is 1.64 bits per heavy atom. The van der Waals surface area contributed by atoms with Crippen LogP contribution in [0.25, 0.3) is 0 Å². The zero-order chi connectivity index (χ0) is 26.6. The summed E-state index contributed by atoms with van der Waals surface area (Å²) in [7, 11) is 0. The third-order valence-corrected chi connectivity index (χ3v) is 9.36. The fourth-order valence-corrected chi connectivity index (χ4v) is 7.14. The molecule has 2 N–H and O–H groups in total. The molecular weight excluding hydrogens is 482 g/mol. The van der Waals surface area contributed by atoms with Gasteiger partial charge < -0.3 is 10.2 Å². The first-order chi connectivity index (χ1) is 16.6. The molecule has 0 aromatic rings. The van der Waals surface area contributed by atoms with Gasteiger partial charge in [0.25, 0.3) is 0 Å². The molecule has 4 aliphatic rings. The minimum atomic E-state index is -5.92. The van der Waals surface area contributed by atoms with Crippen molar-refractivity contribution in [3.63, 3.8) is 0 Å². The molecule has 0 bridgehead atoms. The lowest BCUT2D eigenvalue weighted by atomic mass is 9.59. The largest absolute Gasteiger partial charge is 0.438 e. The Balaban J connectivity index is 1.54. The highest BCUT2D eigenvalue weighted by molar-refractivity contribution is 5.38. The van der Waals surface area contributed by atoms with Crippen LogP contribution >= 0.6 is 0 Å². The number of hydrogen-bond donors (Lipinski definition) is 2. The normalized spacial score (nSPS) is 34.9. The molecule has 0 heterocycles. The van der Waals surface area contributed by atoms with Gasteiger partial charge in [-0.15, -0.1) is 0 Å². The Morgan fingerprint density at radius 1 is 0.972 bits per heavy atom. The van der Waals surface area contributed by atoms with E-state index in [2.05, 4.69) is 31.6 Å². The average molecular weight is 517 g/mol. The standard InChI is InChI=1S/C28H34F6O2/c1-18-19(6-3-8-22(18)35)9-10-20-7-4-13-24(2)21(20)11-12-23(24)25(16-17-25)14-5-15-26(36,27(29,30)31)28(32,33)34/h9-10,21-23,35-36H,1,3-4,6-8,11-14,16-17H2,2H3/t21-,22-,23-,24-/m0/s1. The molecule has 36 heavy (non-hydrogen) atoms. The van der Waals surface area contributed by atoms with Gasteiger partial charge in [0.05, 0.1) is 6.10 Å². The van der Waals surface area contributed by atoms with Crippen LogP contribution in [-0.2, 0) is 0 Å². The summed E-state index contributed by atoms with van der Waals surface area (Å²) in [6.45, 7) is 6.25. The zero-order valence-electron chi connectivity index (χ0n) is 20.5. The number of aliphatic hydroxyl groups excluding tert-OH is 1. The van der Waals surface area contributed by atoms with Gasteiger partial charge in [0.15, 0.2) is 0 Å². The van der Waals surface area contributed by atoms with Crippen LogP contribution in [0, 0.1) is 34.5 Å². The highest BCUT2D eigenvalue weighted by Gasteiger charge is 2.70. The predicted octanol–water partition coefficient (Wildman–Crippen LogP) is 7.19. The van der Waals surface area contributed by atoms with E-state index >= 15 is 0 Å². The minimum absolute atomic E-state index is 0.0741. The van der Waals surface area contributed by atoms with Crippen LogP contribution in [0.1, 0.15) is 77.6 Å². The van der Waals surface area contributed by atoms with Crippen molar-refractivity contribution in [2.75, 3.05) is 0 Å². The quantitative estimate of drug-likeness (QED) is 0.308. The summed E-state index contributed by atoms with van der Waals surface area (Å²) < 4.78 is 78.1. The smallest absolute Gasteiger partial charge is 0.388 e. The summed E-state index contributed by atoms with van der Waals surface area (Å²) in [5, 5.41) is 19.5. The van der Waals surface area contributed by atoms with Crippen molar-refractivity contribution in [1.82, 2.24) is 0 Å². The molecule has 0 spiro atoms. The summed E-state index contributed by atoms with van der Waals surface area (Å²) in [6, 6.07) is 0. The number of fused-ring (bicyclic) bond motifs is 1. The van der Waals surface area contributed by atoms with Gasteiger partial charge in [0, 0.05) is 6.42 Å². The third kappa shape index (κ3) is 4.67. The molecule has 0 saturated heterocycles. The predicted molar refractivity (Wildman–Crippen MR) is 124 cm³/mol. The third-order valence-electron chi connectivity index (χ3n) is 9.36. The first kappa shape index (κ1) is 27.3. The Bertz CT molecular complexity index is 990. The van der Waals surface area contributed by atoms with Gasteiger partial charge in [0.1, 0.15) is 0 Å². The van der Waals surface area contributed by atoms with Crippen LogP contribution in [0.4, 0.5) is 26.3 Å². The van der Waals surface area contributed by atoms with Gasteiger partial charge in [-0.25, -0.2) is 0 Å². The zero-order valence-corrected chi connectivity index (χ0v) is 20.5. The Morgan fingerprint density at radius 3 is 2.25 bits per heavy atom. The highest BCUT2D eigenvalue weighted by atomic mass is 19.4. The van der Waals surface area contributed by atoms with E-state index in [1.165, 1.54) is 5.57 Å². The second-order valence-electron chi connectivity index (χ2n) is 11.5. The maximum absolute atomic E-state index is 13.0. The van der Waals surface area contributed by atoms with Gasteiger partial charge in [-0.05, 0) is 104 Å². The summed E-state index contributed by atoms with van der Waals surface area (Å²) >= 11 is 0. The molecule has 0 unspecified atom stereocenters. The van der Waals surface area contributed by atoms with Crippen LogP contribution < -0.4 is 0 Å². The van der Waals surface area contributed by atoms with Crippen LogP contribution in [0.5, 0.6) is 0 Å². The van der Waals surface area contributed by atoms with Gasteiger partial charge >= 0.3 is 18.0 Å². The van der Waals surface area contributed by atoms with E-state index in [-0.39, 0.29) is 17.8 Å². The minimum Gasteiger partial charge on any atom is -0.388 e. The monoisotopic (exact) mass is 516 g/mol. The molecule has 4 saturated carbocycles. The SMILES string of the molecule is C=C1C(=CC=C2CCC[C@]3(C)[C@@H](C4(CC#CC(O)(C(F)(F)F)C(F)(F)F)CC4)CC[C@@H]23)CCC[C@@H]1O.